The maximum atomic E-state index is 5.33. The number of guanidine groups is 1. The van der Waals surface area contributed by atoms with Gasteiger partial charge in [0.15, 0.2) is 5.96 Å². The van der Waals surface area contributed by atoms with Gasteiger partial charge < -0.3 is 15.0 Å². The Labute approximate surface area is 174 Å². The fourth-order valence-electron chi connectivity index (χ4n) is 2.60. The summed E-state index contributed by atoms with van der Waals surface area (Å²) >= 11 is 1.64. The van der Waals surface area contributed by atoms with E-state index in [1.807, 2.05) is 21.0 Å². The molecule has 0 aliphatic rings. The SMILES string of the molecule is CCN(CC)C(C)CNC(=NC)N(C)Cc1csc(C(C)OC)n1.I. The highest BCUT2D eigenvalue weighted by atomic mass is 127. The second kappa shape index (κ2) is 12.8. The molecule has 1 heterocycles. The minimum absolute atomic E-state index is 0. The van der Waals surface area contributed by atoms with Gasteiger partial charge in [-0.25, -0.2) is 4.98 Å². The molecular weight excluding hydrogens is 449 g/mol. The van der Waals surface area contributed by atoms with Gasteiger partial charge in [-0.1, -0.05) is 13.8 Å². The highest BCUT2D eigenvalue weighted by molar-refractivity contribution is 14.0. The molecule has 0 aromatic carbocycles. The average molecular weight is 483 g/mol. The van der Waals surface area contributed by atoms with Crippen molar-refractivity contribution in [3.05, 3.63) is 16.1 Å². The Bertz CT molecular complexity index is 507. The lowest BCUT2D eigenvalue weighted by molar-refractivity contribution is 0.119. The molecule has 0 saturated heterocycles. The fourth-order valence-corrected chi connectivity index (χ4v) is 3.44. The van der Waals surface area contributed by atoms with Crippen LogP contribution >= 0.6 is 35.3 Å². The van der Waals surface area contributed by atoms with Crippen molar-refractivity contribution >= 4 is 41.3 Å². The number of hydrogen-bond donors (Lipinski definition) is 1. The summed E-state index contributed by atoms with van der Waals surface area (Å²) in [5.74, 6) is 0.892. The number of halogens is 1. The summed E-state index contributed by atoms with van der Waals surface area (Å²) in [4.78, 5) is 13.6. The average Bonchev–Trinajstić information content (AvgIpc) is 3.04. The first kappa shape index (κ1) is 24.6. The fraction of sp³-hybridized carbons (Fsp3) is 0.765. The number of ether oxygens (including phenoxy) is 1. The molecule has 0 aliphatic carbocycles. The monoisotopic (exact) mass is 483 g/mol. The minimum atomic E-state index is 0. The molecule has 2 atom stereocenters. The number of nitrogens with zero attached hydrogens (tertiary/aromatic N) is 4. The van der Waals surface area contributed by atoms with E-state index in [2.05, 4.69) is 51.2 Å². The summed E-state index contributed by atoms with van der Waals surface area (Å²) < 4.78 is 5.33. The predicted octanol–water partition coefficient (Wildman–Crippen LogP) is 3.21. The van der Waals surface area contributed by atoms with Gasteiger partial charge in [0, 0.05) is 39.2 Å². The molecule has 8 heteroatoms. The van der Waals surface area contributed by atoms with Crippen molar-refractivity contribution in [1.82, 2.24) is 20.1 Å². The molecule has 6 nitrogen and oxygen atoms in total. The van der Waals surface area contributed by atoms with Gasteiger partial charge in [0.2, 0.25) is 0 Å². The molecule has 1 rings (SSSR count). The second-order valence-corrected chi connectivity index (χ2v) is 6.80. The van der Waals surface area contributed by atoms with Crippen molar-refractivity contribution in [2.75, 3.05) is 40.8 Å². The van der Waals surface area contributed by atoms with Crippen LogP contribution in [0.4, 0.5) is 0 Å². The van der Waals surface area contributed by atoms with E-state index in [4.69, 9.17) is 4.74 Å². The molecule has 0 fully saturated rings. The molecule has 0 bridgehead atoms. The smallest absolute Gasteiger partial charge is 0.193 e. The molecule has 0 aliphatic heterocycles. The summed E-state index contributed by atoms with van der Waals surface area (Å²) in [6, 6.07) is 0.471. The van der Waals surface area contributed by atoms with Crippen molar-refractivity contribution in [1.29, 1.82) is 0 Å². The summed E-state index contributed by atoms with van der Waals surface area (Å²) in [6.07, 6.45) is 0.0430. The van der Waals surface area contributed by atoms with Crippen LogP contribution in [-0.2, 0) is 11.3 Å². The number of aromatic nitrogens is 1. The van der Waals surface area contributed by atoms with Gasteiger partial charge >= 0.3 is 0 Å². The maximum Gasteiger partial charge on any atom is 0.193 e. The Balaban J connectivity index is 0.00000576. The largest absolute Gasteiger partial charge is 0.375 e. The van der Waals surface area contributed by atoms with E-state index in [0.717, 1.165) is 42.8 Å². The number of methoxy groups -OCH3 is 1. The van der Waals surface area contributed by atoms with Crippen LogP contribution < -0.4 is 5.32 Å². The third kappa shape index (κ3) is 7.76. The molecule has 1 aromatic heterocycles. The number of rotatable bonds is 9. The third-order valence-electron chi connectivity index (χ3n) is 4.23. The predicted molar refractivity (Wildman–Crippen MR) is 118 cm³/mol. The maximum absolute atomic E-state index is 5.33. The van der Waals surface area contributed by atoms with E-state index < -0.39 is 0 Å². The lowest BCUT2D eigenvalue weighted by Gasteiger charge is -2.28. The number of nitrogens with one attached hydrogen (secondary N) is 1. The van der Waals surface area contributed by atoms with Crippen molar-refractivity contribution in [2.45, 2.75) is 46.4 Å². The third-order valence-corrected chi connectivity index (χ3v) is 5.29. The molecule has 1 aromatic rings. The van der Waals surface area contributed by atoms with Crippen molar-refractivity contribution in [3.8, 4) is 0 Å². The number of thiazole rings is 1. The first-order chi connectivity index (χ1) is 11.5. The van der Waals surface area contributed by atoms with E-state index in [1.165, 1.54) is 0 Å². The van der Waals surface area contributed by atoms with E-state index in [-0.39, 0.29) is 30.1 Å². The van der Waals surface area contributed by atoms with Gasteiger partial charge in [-0.2, -0.15) is 0 Å². The minimum Gasteiger partial charge on any atom is -0.375 e. The van der Waals surface area contributed by atoms with Gasteiger partial charge in [-0.15, -0.1) is 35.3 Å². The van der Waals surface area contributed by atoms with Gasteiger partial charge in [0.1, 0.15) is 11.1 Å². The zero-order chi connectivity index (χ0) is 18.1. The number of hydrogen-bond acceptors (Lipinski definition) is 5. The molecule has 146 valence electrons. The van der Waals surface area contributed by atoms with Crippen LogP contribution in [0.3, 0.4) is 0 Å². The first-order valence-corrected chi connectivity index (χ1v) is 9.47. The summed E-state index contributed by atoms with van der Waals surface area (Å²) in [6.45, 7) is 12.4. The zero-order valence-electron chi connectivity index (χ0n) is 16.6. The van der Waals surface area contributed by atoms with Crippen LogP contribution in [-0.4, -0.2) is 67.6 Å². The topological polar surface area (TPSA) is 53.0 Å². The van der Waals surface area contributed by atoms with Gasteiger partial charge in [0.05, 0.1) is 12.2 Å². The summed E-state index contributed by atoms with van der Waals surface area (Å²) in [5.41, 5.74) is 1.04. The highest BCUT2D eigenvalue weighted by Crippen LogP contribution is 2.20. The molecule has 0 amide bonds. The van der Waals surface area contributed by atoms with Gasteiger partial charge in [0.25, 0.3) is 0 Å². The molecule has 0 spiro atoms. The molecule has 25 heavy (non-hydrogen) atoms. The van der Waals surface area contributed by atoms with E-state index >= 15 is 0 Å². The lowest BCUT2D eigenvalue weighted by atomic mass is 10.3. The van der Waals surface area contributed by atoms with Crippen LogP contribution in [0.5, 0.6) is 0 Å². The van der Waals surface area contributed by atoms with Crippen molar-refractivity contribution < 1.29 is 4.74 Å². The second-order valence-electron chi connectivity index (χ2n) is 5.91. The molecular formula is C17H34IN5OS. The standard InChI is InChI=1S/C17H33N5OS.HI/c1-8-22(9-2)13(3)10-19-17(18-5)21(6)11-15-12-24-16(20-15)14(4)23-7;/h12-14H,8-11H2,1-7H3,(H,18,19);1H. The van der Waals surface area contributed by atoms with Gasteiger partial charge in [-0.3, -0.25) is 9.89 Å². The van der Waals surface area contributed by atoms with Crippen LogP contribution in [0.2, 0.25) is 0 Å². The Morgan fingerprint density at radius 3 is 2.52 bits per heavy atom. The normalized spacial score (nSPS) is 14.2. The van der Waals surface area contributed by atoms with E-state index in [1.54, 1.807) is 18.4 Å². The Kier molecular flexibility index (Phi) is 12.6. The molecule has 0 saturated carbocycles. The van der Waals surface area contributed by atoms with Crippen molar-refractivity contribution in [3.63, 3.8) is 0 Å². The van der Waals surface area contributed by atoms with E-state index in [0.29, 0.717) is 6.04 Å². The molecule has 1 N–H and O–H groups in total. The Morgan fingerprint density at radius 2 is 2.00 bits per heavy atom. The van der Waals surface area contributed by atoms with Crippen LogP contribution in [0, 0.1) is 0 Å². The Morgan fingerprint density at radius 1 is 1.36 bits per heavy atom. The summed E-state index contributed by atoms with van der Waals surface area (Å²) in [5, 5.41) is 6.57. The zero-order valence-corrected chi connectivity index (χ0v) is 19.7. The van der Waals surface area contributed by atoms with Crippen molar-refractivity contribution in [2.24, 2.45) is 4.99 Å². The summed E-state index contributed by atoms with van der Waals surface area (Å²) in [7, 11) is 5.57. The van der Waals surface area contributed by atoms with Crippen LogP contribution in [0.15, 0.2) is 10.4 Å². The Hall–Kier alpha value is -0.450. The molecule has 2 unspecified atom stereocenters. The van der Waals surface area contributed by atoms with Crippen LogP contribution in [0.1, 0.15) is 44.5 Å². The highest BCUT2D eigenvalue weighted by Gasteiger charge is 2.14. The number of likely N-dealkylation sites (N-methyl/N-ethyl adjacent to an activating group) is 1. The number of aliphatic imine (C=N–C) groups is 1. The molecule has 0 radical (unpaired) electrons. The van der Waals surface area contributed by atoms with Crippen LogP contribution in [0.25, 0.3) is 0 Å². The first-order valence-electron chi connectivity index (χ1n) is 8.59. The van der Waals surface area contributed by atoms with Gasteiger partial charge in [-0.05, 0) is 26.9 Å². The quantitative estimate of drug-likeness (QED) is 0.332. The van der Waals surface area contributed by atoms with E-state index in [9.17, 15) is 0 Å². The lowest BCUT2D eigenvalue weighted by Crippen LogP contribution is -2.46.